The minimum absolute atomic E-state index is 0.000900. The predicted octanol–water partition coefficient (Wildman–Crippen LogP) is 1.86. The van der Waals surface area contributed by atoms with Crippen molar-refractivity contribution in [3.63, 3.8) is 0 Å². The van der Waals surface area contributed by atoms with Crippen LogP contribution in [0, 0.1) is 11.8 Å². The molecule has 1 fully saturated rings. The van der Waals surface area contributed by atoms with E-state index in [-0.39, 0.29) is 24.3 Å². The highest BCUT2D eigenvalue weighted by atomic mass is 35.5. The van der Waals surface area contributed by atoms with E-state index >= 15 is 0 Å². The molecule has 110 valence electrons. The lowest BCUT2D eigenvalue weighted by Crippen LogP contribution is -2.37. The van der Waals surface area contributed by atoms with Crippen LogP contribution in [0.5, 0.6) is 0 Å². The summed E-state index contributed by atoms with van der Waals surface area (Å²) in [5.74, 6) is 0.268. The second kappa shape index (κ2) is 7.07. The van der Waals surface area contributed by atoms with Crippen molar-refractivity contribution < 1.29 is 9.90 Å². The van der Waals surface area contributed by atoms with Crippen LogP contribution in [0.4, 0.5) is 0 Å². The number of benzene rings is 1. The van der Waals surface area contributed by atoms with E-state index in [2.05, 4.69) is 5.32 Å². The van der Waals surface area contributed by atoms with Gasteiger partial charge in [-0.05, 0) is 43.0 Å². The zero-order chi connectivity index (χ0) is 14.5. The van der Waals surface area contributed by atoms with Crippen molar-refractivity contribution in [1.29, 1.82) is 0 Å². The molecule has 4 N–H and O–H groups in total. The lowest BCUT2D eigenvalue weighted by Gasteiger charge is -2.19. The van der Waals surface area contributed by atoms with Crippen LogP contribution >= 0.6 is 11.6 Å². The van der Waals surface area contributed by atoms with E-state index < -0.39 is 6.10 Å². The quantitative estimate of drug-likeness (QED) is 0.776. The first kappa shape index (κ1) is 15.3. The first-order valence-corrected chi connectivity index (χ1v) is 7.41. The Bertz CT molecular complexity index is 467. The molecule has 0 radical (unpaired) electrons. The molecule has 0 aromatic heterocycles. The van der Waals surface area contributed by atoms with Crippen LogP contribution in [0.25, 0.3) is 0 Å². The van der Waals surface area contributed by atoms with Crippen LogP contribution in [0.15, 0.2) is 24.3 Å². The van der Waals surface area contributed by atoms with Crippen LogP contribution in [-0.2, 0) is 4.79 Å². The van der Waals surface area contributed by atoms with E-state index in [1.165, 1.54) is 0 Å². The molecule has 1 aromatic rings. The van der Waals surface area contributed by atoms with Crippen molar-refractivity contribution in [2.24, 2.45) is 17.6 Å². The molecule has 5 heteroatoms. The minimum atomic E-state index is -0.740. The standard InChI is InChI=1S/C15H21ClN2O2/c16-12-5-1-3-10(7-12)14(19)9-18-15(20)13-6-2-4-11(13)8-17/h1,3,5,7,11,13-14,19H,2,4,6,8-9,17H2,(H,18,20)/t11-,13-,14?/m1/s1. The maximum absolute atomic E-state index is 12.1. The monoisotopic (exact) mass is 296 g/mol. The number of aliphatic hydroxyl groups excluding tert-OH is 1. The fraction of sp³-hybridized carbons (Fsp3) is 0.533. The zero-order valence-electron chi connectivity index (χ0n) is 11.4. The van der Waals surface area contributed by atoms with E-state index in [0.29, 0.717) is 17.1 Å². The topological polar surface area (TPSA) is 75.4 Å². The third-order valence-corrected chi connectivity index (χ3v) is 4.24. The lowest BCUT2D eigenvalue weighted by molar-refractivity contribution is -0.126. The first-order chi connectivity index (χ1) is 9.61. The van der Waals surface area contributed by atoms with Gasteiger partial charge in [0.2, 0.25) is 5.91 Å². The summed E-state index contributed by atoms with van der Waals surface area (Å²) < 4.78 is 0. The van der Waals surface area contributed by atoms with Gasteiger partial charge in [0, 0.05) is 17.5 Å². The largest absolute Gasteiger partial charge is 0.387 e. The Morgan fingerprint density at radius 2 is 2.30 bits per heavy atom. The second-order valence-corrected chi connectivity index (χ2v) is 5.79. The highest BCUT2D eigenvalue weighted by Crippen LogP contribution is 2.31. The number of amides is 1. The van der Waals surface area contributed by atoms with Crippen molar-refractivity contribution >= 4 is 17.5 Å². The molecule has 1 aromatic carbocycles. The van der Waals surface area contributed by atoms with E-state index in [1.54, 1.807) is 24.3 Å². The molecule has 2 rings (SSSR count). The van der Waals surface area contributed by atoms with Gasteiger partial charge in [-0.2, -0.15) is 0 Å². The molecule has 0 saturated heterocycles. The minimum Gasteiger partial charge on any atom is -0.387 e. The van der Waals surface area contributed by atoms with Gasteiger partial charge in [0.25, 0.3) is 0 Å². The molecule has 1 aliphatic rings. The first-order valence-electron chi connectivity index (χ1n) is 7.03. The van der Waals surface area contributed by atoms with Crippen LogP contribution < -0.4 is 11.1 Å². The van der Waals surface area contributed by atoms with E-state index in [1.807, 2.05) is 0 Å². The van der Waals surface area contributed by atoms with Gasteiger partial charge in [0.1, 0.15) is 0 Å². The second-order valence-electron chi connectivity index (χ2n) is 5.35. The van der Waals surface area contributed by atoms with Gasteiger partial charge in [0.05, 0.1) is 6.10 Å². The number of hydrogen-bond acceptors (Lipinski definition) is 3. The molecule has 1 amide bonds. The number of hydrogen-bond donors (Lipinski definition) is 3. The van der Waals surface area contributed by atoms with Crippen molar-refractivity contribution in [2.45, 2.75) is 25.4 Å². The van der Waals surface area contributed by atoms with Gasteiger partial charge in [-0.15, -0.1) is 0 Å². The Hall–Kier alpha value is -1.10. The van der Waals surface area contributed by atoms with Crippen LogP contribution in [0.3, 0.4) is 0 Å². The summed E-state index contributed by atoms with van der Waals surface area (Å²) >= 11 is 5.88. The maximum Gasteiger partial charge on any atom is 0.223 e. The average molecular weight is 297 g/mol. The van der Waals surface area contributed by atoms with Gasteiger partial charge < -0.3 is 16.2 Å². The van der Waals surface area contributed by atoms with Gasteiger partial charge in [-0.1, -0.05) is 30.2 Å². The molecule has 4 nitrogen and oxygen atoms in total. The summed E-state index contributed by atoms with van der Waals surface area (Å²) in [6, 6.07) is 7.03. The molecule has 0 spiro atoms. The molecule has 3 atom stereocenters. The summed E-state index contributed by atoms with van der Waals surface area (Å²) in [6.07, 6.45) is 2.22. The Morgan fingerprint density at radius 3 is 3.00 bits per heavy atom. The molecule has 1 aliphatic carbocycles. The van der Waals surface area contributed by atoms with Crippen molar-refractivity contribution in [1.82, 2.24) is 5.32 Å². The Balaban J connectivity index is 1.87. The number of carbonyl (C=O) groups excluding carboxylic acids is 1. The van der Waals surface area contributed by atoms with Crippen molar-refractivity contribution in [3.8, 4) is 0 Å². The van der Waals surface area contributed by atoms with Crippen LogP contribution in [0.2, 0.25) is 5.02 Å². The fourth-order valence-corrected chi connectivity index (χ4v) is 3.02. The highest BCUT2D eigenvalue weighted by Gasteiger charge is 2.31. The fourth-order valence-electron chi connectivity index (χ4n) is 2.82. The smallest absolute Gasteiger partial charge is 0.223 e. The third-order valence-electron chi connectivity index (χ3n) is 4.00. The number of nitrogens with two attached hydrogens (primary N) is 1. The summed E-state index contributed by atoms with van der Waals surface area (Å²) in [4.78, 5) is 12.1. The number of aliphatic hydroxyl groups is 1. The molecule has 1 unspecified atom stereocenters. The maximum atomic E-state index is 12.1. The summed E-state index contributed by atoms with van der Waals surface area (Å²) in [6.45, 7) is 0.752. The summed E-state index contributed by atoms with van der Waals surface area (Å²) in [5.41, 5.74) is 6.39. The van der Waals surface area contributed by atoms with Crippen molar-refractivity contribution in [3.05, 3.63) is 34.9 Å². The van der Waals surface area contributed by atoms with E-state index in [9.17, 15) is 9.90 Å². The molecule has 0 bridgehead atoms. The van der Waals surface area contributed by atoms with Crippen molar-refractivity contribution in [2.75, 3.05) is 13.1 Å². The molecular weight excluding hydrogens is 276 g/mol. The van der Waals surface area contributed by atoms with E-state index in [0.717, 1.165) is 19.3 Å². The average Bonchev–Trinajstić information content (AvgIpc) is 2.92. The number of nitrogens with one attached hydrogen (secondary N) is 1. The summed E-state index contributed by atoms with van der Waals surface area (Å²) in [7, 11) is 0. The predicted molar refractivity (Wildman–Crippen MR) is 79.3 cm³/mol. The van der Waals surface area contributed by atoms with E-state index in [4.69, 9.17) is 17.3 Å². The molecule has 0 aliphatic heterocycles. The lowest BCUT2D eigenvalue weighted by atomic mass is 9.95. The molecule has 0 heterocycles. The summed E-state index contributed by atoms with van der Waals surface area (Å²) in [5, 5.41) is 13.5. The zero-order valence-corrected chi connectivity index (χ0v) is 12.1. The van der Waals surface area contributed by atoms with Crippen LogP contribution in [-0.4, -0.2) is 24.1 Å². The highest BCUT2D eigenvalue weighted by molar-refractivity contribution is 6.30. The van der Waals surface area contributed by atoms with Gasteiger partial charge in [-0.3, -0.25) is 4.79 Å². The Labute approximate surface area is 124 Å². The Morgan fingerprint density at radius 1 is 1.50 bits per heavy atom. The number of halogens is 1. The van der Waals surface area contributed by atoms with Gasteiger partial charge in [-0.25, -0.2) is 0 Å². The molecular formula is C15H21ClN2O2. The Kier molecular flexibility index (Phi) is 5.40. The normalized spacial score (nSPS) is 23.6. The van der Waals surface area contributed by atoms with Crippen LogP contribution in [0.1, 0.15) is 30.9 Å². The molecule has 1 saturated carbocycles. The van der Waals surface area contributed by atoms with Gasteiger partial charge >= 0.3 is 0 Å². The number of rotatable bonds is 5. The SMILES string of the molecule is NC[C@H]1CCC[C@H]1C(=O)NCC(O)c1cccc(Cl)c1. The van der Waals surface area contributed by atoms with Gasteiger partial charge in [0.15, 0.2) is 0 Å². The number of carbonyl (C=O) groups is 1. The molecule has 20 heavy (non-hydrogen) atoms. The third kappa shape index (κ3) is 3.72.